The van der Waals surface area contributed by atoms with E-state index in [-0.39, 0.29) is 6.09 Å². The standard InChI is InChI=1S/C17H25NO3/c1-13-7-5-6-8-15(13)20-12-14-9-10-18(11-14)16(19)21-17(2,3)4/h5-8,14H,9-12H2,1-4H3/t14-/m0/s1. The van der Waals surface area contributed by atoms with E-state index in [0.717, 1.165) is 24.3 Å². The molecule has 116 valence electrons. The normalized spacial score (nSPS) is 18.7. The summed E-state index contributed by atoms with van der Waals surface area (Å²) in [4.78, 5) is 13.8. The Kier molecular flexibility index (Phi) is 4.76. The molecule has 0 saturated carbocycles. The number of nitrogens with zero attached hydrogens (tertiary/aromatic N) is 1. The van der Waals surface area contributed by atoms with E-state index in [9.17, 15) is 4.79 Å². The molecule has 0 aromatic heterocycles. The number of ether oxygens (including phenoxy) is 2. The summed E-state index contributed by atoms with van der Waals surface area (Å²) in [6, 6.07) is 8.00. The Labute approximate surface area is 127 Å². The van der Waals surface area contributed by atoms with Gasteiger partial charge in [-0.1, -0.05) is 18.2 Å². The minimum absolute atomic E-state index is 0.221. The summed E-state index contributed by atoms with van der Waals surface area (Å²) < 4.78 is 11.3. The summed E-state index contributed by atoms with van der Waals surface area (Å²) in [5, 5.41) is 0. The van der Waals surface area contributed by atoms with Crippen molar-refractivity contribution in [3.8, 4) is 5.75 Å². The van der Waals surface area contributed by atoms with E-state index >= 15 is 0 Å². The maximum absolute atomic E-state index is 12.0. The van der Waals surface area contributed by atoms with Crippen molar-refractivity contribution in [1.29, 1.82) is 0 Å². The Bertz CT molecular complexity index is 493. The van der Waals surface area contributed by atoms with Crippen LogP contribution in [0.2, 0.25) is 0 Å². The highest BCUT2D eigenvalue weighted by Gasteiger charge is 2.30. The van der Waals surface area contributed by atoms with Gasteiger partial charge in [0.2, 0.25) is 0 Å². The number of benzene rings is 1. The molecule has 0 aliphatic carbocycles. The number of aryl methyl sites for hydroxylation is 1. The lowest BCUT2D eigenvalue weighted by atomic mass is 10.1. The third kappa shape index (κ3) is 4.66. The highest BCUT2D eigenvalue weighted by Crippen LogP contribution is 2.22. The lowest BCUT2D eigenvalue weighted by Gasteiger charge is -2.24. The number of rotatable bonds is 3. The van der Waals surface area contributed by atoms with Crippen LogP contribution in [0.5, 0.6) is 5.75 Å². The van der Waals surface area contributed by atoms with Gasteiger partial charge in [0.25, 0.3) is 0 Å². The lowest BCUT2D eigenvalue weighted by molar-refractivity contribution is 0.0285. The fourth-order valence-electron chi connectivity index (χ4n) is 2.39. The van der Waals surface area contributed by atoms with Crippen LogP contribution >= 0.6 is 0 Å². The van der Waals surface area contributed by atoms with Crippen LogP contribution in [0.15, 0.2) is 24.3 Å². The van der Waals surface area contributed by atoms with Crippen LogP contribution in [0.3, 0.4) is 0 Å². The largest absolute Gasteiger partial charge is 0.493 e. The topological polar surface area (TPSA) is 38.8 Å². The molecule has 1 aliphatic heterocycles. The number of carbonyl (C=O) groups is 1. The van der Waals surface area contributed by atoms with E-state index in [2.05, 4.69) is 0 Å². The molecule has 1 amide bonds. The van der Waals surface area contributed by atoms with E-state index in [1.165, 1.54) is 0 Å². The second-order valence-electron chi connectivity index (χ2n) is 6.66. The first-order valence-corrected chi connectivity index (χ1v) is 7.51. The third-order valence-corrected chi connectivity index (χ3v) is 3.51. The molecule has 4 heteroatoms. The molecule has 0 unspecified atom stereocenters. The van der Waals surface area contributed by atoms with Gasteiger partial charge >= 0.3 is 6.09 Å². The van der Waals surface area contributed by atoms with Crippen molar-refractivity contribution in [1.82, 2.24) is 4.90 Å². The zero-order chi connectivity index (χ0) is 15.5. The summed E-state index contributed by atoms with van der Waals surface area (Å²) in [6.45, 7) is 9.80. The lowest BCUT2D eigenvalue weighted by Crippen LogP contribution is -2.35. The number of para-hydroxylation sites is 1. The maximum atomic E-state index is 12.0. The molecular weight excluding hydrogens is 266 g/mol. The molecule has 0 radical (unpaired) electrons. The van der Waals surface area contributed by atoms with Crippen molar-refractivity contribution in [2.24, 2.45) is 5.92 Å². The molecular formula is C17H25NO3. The van der Waals surface area contributed by atoms with Gasteiger partial charge in [-0.05, 0) is 45.7 Å². The molecule has 1 atom stereocenters. The summed E-state index contributed by atoms with van der Waals surface area (Å²) in [6.07, 6.45) is 0.742. The Balaban J connectivity index is 1.80. The number of likely N-dealkylation sites (tertiary alicyclic amines) is 1. The highest BCUT2D eigenvalue weighted by molar-refractivity contribution is 5.68. The minimum Gasteiger partial charge on any atom is -0.493 e. The molecule has 1 aromatic rings. The first-order valence-electron chi connectivity index (χ1n) is 7.51. The molecule has 4 nitrogen and oxygen atoms in total. The van der Waals surface area contributed by atoms with Crippen LogP contribution in [0.25, 0.3) is 0 Å². The first-order chi connectivity index (χ1) is 9.85. The van der Waals surface area contributed by atoms with Crippen LogP contribution in [-0.2, 0) is 4.74 Å². The quantitative estimate of drug-likeness (QED) is 0.853. The number of carbonyl (C=O) groups excluding carboxylic acids is 1. The van der Waals surface area contributed by atoms with Gasteiger partial charge in [-0.25, -0.2) is 4.79 Å². The predicted molar refractivity (Wildman–Crippen MR) is 82.6 cm³/mol. The van der Waals surface area contributed by atoms with Crippen molar-refractivity contribution in [2.45, 2.75) is 39.7 Å². The molecule has 0 N–H and O–H groups in total. The summed E-state index contributed by atoms with van der Waals surface area (Å²) >= 11 is 0. The van der Waals surface area contributed by atoms with Gasteiger partial charge in [0.1, 0.15) is 11.4 Å². The summed E-state index contributed by atoms with van der Waals surface area (Å²) in [5.74, 6) is 1.30. The molecule has 0 spiro atoms. The van der Waals surface area contributed by atoms with Crippen LogP contribution in [-0.4, -0.2) is 36.3 Å². The average molecular weight is 291 g/mol. The van der Waals surface area contributed by atoms with Gasteiger partial charge in [-0.2, -0.15) is 0 Å². The van der Waals surface area contributed by atoms with Gasteiger partial charge in [-0.3, -0.25) is 0 Å². The van der Waals surface area contributed by atoms with Crippen LogP contribution < -0.4 is 4.74 Å². The zero-order valence-electron chi connectivity index (χ0n) is 13.4. The van der Waals surface area contributed by atoms with Gasteiger partial charge in [0.05, 0.1) is 6.61 Å². The van der Waals surface area contributed by atoms with Crippen LogP contribution in [0, 0.1) is 12.8 Å². The molecule has 1 fully saturated rings. The van der Waals surface area contributed by atoms with Crippen molar-refractivity contribution in [2.75, 3.05) is 19.7 Å². The Morgan fingerprint density at radius 2 is 2.05 bits per heavy atom. The monoisotopic (exact) mass is 291 g/mol. The van der Waals surface area contributed by atoms with E-state index in [0.29, 0.717) is 19.1 Å². The van der Waals surface area contributed by atoms with Crippen LogP contribution in [0.4, 0.5) is 4.79 Å². The second kappa shape index (κ2) is 6.37. The smallest absolute Gasteiger partial charge is 0.410 e. The SMILES string of the molecule is Cc1ccccc1OC[C@H]1CCN(C(=O)OC(C)(C)C)C1. The minimum atomic E-state index is -0.438. The van der Waals surface area contributed by atoms with E-state index < -0.39 is 5.60 Å². The fraction of sp³-hybridized carbons (Fsp3) is 0.588. The number of hydrogen-bond donors (Lipinski definition) is 0. The Hall–Kier alpha value is -1.71. The summed E-state index contributed by atoms with van der Waals surface area (Å²) in [5.41, 5.74) is 0.701. The van der Waals surface area contributed by atoms with Crippen LogP contribution in [0.1, 0.15) is 32.8 Å². The van der Waals surface area contributed by atoms with Crippen molar-refractivity contribution >= 4 is 6.09 Å². The third-order valence-electron chi connectivity index (χ3n) is 3.51. The van der Waals surface area contributed by atoms with Crippen molar-refractivity contribution in [3.63, 3.8) is 0 Å². The predicted octanol–water partition coefficient (Wildman–Crippen LogP) is 3.63. The van der Waals surface area contributed by atoms with Crippen molar-refractivity contribution in [3.05, 3.63) is 29.8 Å². The van der Waals surface area contributed by atoms with Gasteiger partial charge in [-0.15, -0.1) is 0 Å². The molecule has 1 saturated heterocycles. The molecule has 21 heavy (non-hydrogen) atoms. The van der Waals surface area contributed by atoms with Gasteiger partial charge < -0.3 is 14.4 Å². The highest BCUT2D eigenvalue weighted by atomic mass is 16.6. The maximum Gasteiger partial charge on any atom is 0.410 e. The zero-order valence-corrected chi connectivity index (χ0v) is 13.4. The molecule has 1 aromatic carbocycles. The first kappa shape index (κ1) is 15.7. The van der Waals surface area contributed by atoms with E-state index in [1.54, 1.807) is 4.90 Å². The molecule has 1 heterocycles. The Morgan fingerprint density at radius 1 is 1.33 bits per heavy atom. The van der Waals surface area contributed by atoms with E-state index in [1.807, 2.05) is 52.0 Å². The second-order valence-corrected chi connectivity index (χ2v) is 6.66. The fourth-order valence-corrected chi connectivity index (χ4v) is 2.39. The van der Waals surface area contributed by atoms with Gasteiger partial charge in [0.15, 0.2) is 0 Å². The van der Waals surface area contributed by atoms with Crippen molar-refractivity contribution < 1.29 is 14.3 Å². The molecule has 1 aliphatic rings. The Morgan fingerprint density at radius 3 is 2.71 bits per heavy atom. The average Bonchev–Trinajstić information content (AvgIpc) is 2.85. The van der Waals surface area contributed by atoms with E-state index in [4.69, 9.17) is 9.47 Å². The number of amides is 1. The molecule has 2 rings (SSSR count). The van der Waals surface area contributed by atoms with Gasteiger partial charge in [0, 0.05) is 19.0 Å². The molecule has 0 bridgehead atoms. The number of hydrogen-bond acceptors (Lipinski definition) is 3. The summed E-state index contributed by atoms with van der Waals surface area (Å²) in [7, 11) is 0.